The van der Waals surface area contributed by atoms with Crippen LogP contribution in [0.5, 0.6) is 0 Å². The van der Waals surface area contributed by atoms with E-state index in [1.54, 1.807) is 0 Å². The molecular weight excluding hydrogens is 160 g/mol. The topological polar surface area (TPSA) is 15.3 Å². The van der Waals surface area contributed by atoms with Crippen molar-refractivity contribution in [3.05, 3.63) is 0 Å². The molecule has 2 nitrogen and oxygen atoms in total. The minimum atomic E-state index is 0.367. The van der Waals surface area contributed by atoms with Crippen molar-refractivity contribution in [3.63, 3.8) is 0 Å². The summed E-state index contributed by atoms with van der Waals surface area (Å²) >= 11 is 0. The fourth-order valence-electron chi connectivity index (χ4n) is 1.47. The molecule has 0 aromatic carbocycles. The average Bonchev–Trinajstić information content (AvgIpc) is 1.95. The van der Waals surface area contributed by atoms with E-state index in [9.17, 15) is 0 Å². The van der Waals surface area contributed by atoms with Gasteiger partial charge in [-0.25, -0.2) is 0 Å². The second kappa shape index (κ2) is 5.61. The molecule has 1 unspecified atom stereocenters. The largest absolute Gasteiger partial charge is 0.314 e. The highest BCUT2D eigenvalue weighted by molar-refractivity contribution is 4.80. The Hall–Kier alpha value is -0.0800. The van der Waals surface area contributed by atoms with Crippen molar-refractivity contribution in [1.82, 2.24) is 10.2 Å². The summed E-state index contributed by atoms with van der Waals surface area (Å²) in [5, 5.41) is 3.55. The monoisotopic (exact) mass is 186 g/mol. The van der Waals surface area contributed by atoms with Gasteiger partial charge in [-0.1, -0.05) is 27.7 Å². The normalized spacial score (nSPS) is 15.0. The summed E-state index contributed by atoms with van der Waals surface area (Å²) in [5.74, 6) is 0. The van der Waals surface area contributed by atoms with Gasteiger partial charge in [0, 0.05) is 6.04 Å². The third-order valence-electron chi connectivity index (χ3n) is 2.36. The highest BCUT2D eigenvalue weighted by Gasteiger charge is 2.22. The summed E-state index contributed by atoms with van der Waals surface area (Å²) in [6.45, 7) is 11.3. The van der Waals surface area contributed by atoms with Gasteiger partial charge in [-0.2, -0.15) is 0 Å². The molecule has 0 aliphatic carbocycles. The minimum absolute atomic E-state index is 0.367. The van der Waals surface area contributed by atoms with Crippen LogP contribution >= 0.6 is 0 Å². The first-order valence-electron chi connectivity index (χ1n) is 5.26. The average molecular weight is 186 g/mol. The van der Waals surface area contributed by atoms with Crippen molar-refractivity contribution < 1.29 is 0 Å². The Labute approximate surface area is 83.7 Å². The van der Waals surface area contributed by atoms with E-state index in [4.69, 9.17) is 0 Å². The fraction of sp³-hybridized carbons (Fsp3) is 1.00. The van der Waals surface area contributed by atoms with Gasteiger partial charge in [0.05, 0.1) is 0 Å². The predicted octanol–water partition coefficient (Wildman–Crippen LogP) is 1.96. The Morgan fingerprint density at radius 3 is 2.08 bits per heavy atom. The standard InChI is InChI=1S/C11H26N2/c1-7-12-10(11(2,3)4)8-9-13(5)6/h10,12H,7-9H2,1-6H3. The Morgan fingerprint density at radius 1 is 1.23 bits per heavy atom. The van der Waals surface area contributed by atoms with Gasteiger partial charge in [-0.15, -0.1) is 0 Å². The van der Waals surface area contributed by atoms with E-state index in [2.05, 4.69) is 52.0 Å². The predicted molar refractivity (Wildman–Crippen MR) is 60.1 cm³/mol. The molecule has 0 aromatic rings. The molecule has 0 bridgehead atoms. The Morgan fingerprint density at radius 2 is 1.77 bits per heavy atom. The van der Waals surface area contributed by atoms with Crippen molar-refractivity contribution in [1.29, 1.82) is 0 Å². The van der Waals surface area contributed by atoms with Crippen LogP contribution in [-0.4, -0.2) is 38.1 Å². The molecule has 0 fully saturated rings. The molecule has 1 atom stereocenters. The fourth-order valence-corrected chi connectivity index (χ4v) is 1.47. The van der Waals surface area contributed by atoms with Crippen LogP contribution in [0.15, 0.2) is 0 Å². The number of nitrogens with zero attached hydrogens (tertiary/aromatic N) is 1. The Bertz CT molecular complexity index is 125. The summed E-state index contributed by atoms with van der Waals surface area (Å²) in [5.41, 5.74) is 0.367. The maximum atomic E-state index is 3.55. The lowest BCUT2D eigenvalue weighted by Gasteiger charge is -2.32. The van der Waals surface area contributed by atoms with Gasteiger partial charge in [0.15, 0.2) is 0 Å². The van der Waals surface area contributed by atoms with Crippen LogP contribution in [0.25, 0.3) is 0 Å². The molecule has 0 saturated heterocycles. The van der Waals surface area contributed by atoms with Crippen LogP contribution < -0.4 is 5.32 Å². The van der Waals surface area contributed by atoms with Crippen molar-refractivity contribution in [2.75, 3.05) is 27.2 Å². The van der Waals surface area contributed by atoms with Crippen molar-refractivity contribution in [2.24, 2.45) is 5.41 Å². The summed E-state index contributed by atoms with van der Waals surface area (Å²) in [6, 6.07) is 0.625. The summed E-state index contributed by atoms with van der Waals surface area (Å²) in [6.07, 6.45) is 1.23. The molecular formula is C11H26N2. The lowest BCUT2D eigenvalue weighted by Crippen LogP contribution is -2.42. The smallest absolute Gasteiger partial charge is 0.0128 e. The van der Waals surface area contributed by atoms with Gasteiger partial charge < -0.3 is 10.2 Å². The van der Waals surface area contributed by atoms with E-state index in [0.717, 1.165) is 13.1 Å². The minimum Gasteiger partial charge on any atom is -0.314 e. The molecule has 13 heavy (non-hydrogen) atoms. The Kier molecular flexibility index (Phi) is 5.57. The van der Waals surface area contributed by atoms with Gasteiger partial charge in [0.25, 0.3) is 0 Å². The highest BCUT2D eigenvalue weighted by Crippen LogP contribution is 2.21. The molecule has 0 aliphatic heterocycles. The first-order chi connectivity index (χ1) is 5.88. The van der Waals surface area contributed by atoms with Crippen molar-refractivity contribution >= 4 is 0 Å². The molecule has 0 rings (SSSR count). The molecule has 0 radical (unpaired) electrons. The highest BCUT2D eigenvalue weighted by atomic mass is 15.1. The Balaban J connectivity index is 3.95. The van der Waals surface area contributed by atoms with E-state index >= 15 is 0 Å². The number of hydrogen-bond acceptors (Lipinski definition) is 2. The first kappa shape index (κ1) is 12.9. The lowest BCUT2D eigenvalue weighted by molar-refractivity contribution is 0.235. The molecule has 1 N–H and O–H groups in total. The van der Waals surface area contributed by atoms with Gasteiger partial charge in [0.2, 0.25) is 0 Å². The molecule has 0 aromatic heterocycles. The van der Waals surface area contributed by atoms with E-state index in [0.29, 0.717) is 11.5 Å². The summed E-state index contributed by atoms with van der Waals surface area (Å²) in [7, 11) is 4.26. The lowest BCUT2D eigenvalue weighted by atomic mass is 9.84. The number of rotatable bonds is 5. The van der Waals surface area contributed by atoms with Crippen LogP contribution in [0.2, 0.25) is 0 Å². The van der Waals surface area contributed by atoms with Crippen LogP contribution in [0, 0.1) is 5.41 Å². The van der Waals surface area contributed by atoms with Gasteiger partial charge in [0.1, 0.15) is 0 Å². The quantitative estimate of drug-likeness (QED) is 0.706. The third-order valence-corrected chi connectivity index (χ3v) is 2.36. The maximum Gasteiger partial charge on any atom is 0.0128 e. The maximum absolute atomic E-state index is 3.55. The second-order valence-corrected chi connectivity index (χ2v) is 5.07. The van der Waals surface area contributed by atoms with E-state index < -0.39 is 0 Å². The molecule has 0 heterocycles. The van der Waals surface area contributed by atoms with Crippen molar-refractivity contribution in [2.45, 2.75) is 40.2 Å². The third kappa shape index (κ3) is 6.05. The zero-order chi connectivity index (χ0) is 10.5. The summed E-state index contributed by atoms with van der Waals surface area (Å²) in [4.78, 5) is 2.25. The van der Waals surface area contributed by atoms with Crippen LogP contribution in [0.4, 0.5) is 0 Å². The SMILES string of the molecule is CCNC(CCN(C)C)C(C)(C)C. The molecule has 0 aliphatic rings. The number of nitrogens with one attached hydrogen (secondary N) is 1. The van der Waals surface area contributed by atoms with Gasteiger partial charge >= 0.3 is 0 Å². The summed E-state index contributed by atoms with van der Waals surface area (Å²) < 4.78 is 0. The molecule has 0 saturated carbocycles. The molecule has 80 valence electrons. The van der Waals surface area contributed by atoms with E-state index in [-0.39, 0.29) is 0 Å². The van der Waals surface area contributed by atoms with Crippen LogP contribution in [0.3, 0.4) is 0 Å². The van der Waals surface area contributed by atoms with Gasteiger partial charge in [-0.3, -0.25) is 0 Å². The van der Waals surface area contributed by atoms with Crippen LogP contribution in [0.1, 0.15) is 34.1 Å². The first-order valence-corrected chi connectivity index (χ1v) is 5.26. The van der Waals surface area contributed by atoms with E-state index in [1.807, 2.05) is 0 Å². The molecule has 0 spiro atoms. The van der Waals surface area contributed by atoms with Crippen LogP contribution in [-0.2, 0) is 0 Å². The zero-order valence-electron chi connectivity index (χ0n) is 10.1. The van der Waals surface area contributed by atoms with Crippen molar-refractivity contribution in [3.8, 4) is 0 Å². The molecule has 0 amide bonds. The number of hydrogen-bond donors (Lipinski definition) is 1. The second-order valence-electron chi connectivity index (χ2n) is 5.07. The van der Waals surface area contributed by atoms with Gasteiger partial charge in [-0.05, 0) is 39.0 Å². The zero-order valence-corrected chi connectivity index (χ0v) is 10.1. The molecule has 2 heteroatoms. The van der Waals surface area contributed by atoms with E-state index in [1.165, 1.54) is 6.42 Å².